The van der Waals surface area contributed by atoms with Crippen molar-refractivity contribution in [2.45, 2.75) is 19.8 Å². The number of nitrogens with one attached hydrogen (secondary N) is 1. The lowest BCUT2D eigenvalue weighted by atomic mass is 10.2. The summed E-state index contributed by atoms with van der Waals surface area (Å²) in [6.45, 7) is 2.22. The third kappa shape index (κ3) is 3.52. The first-order valence-electron chi connectivity index (χ1n) is 7.89. The molecular formula is C18H16N2O3S2. The van der Waals surface area contributed by atoms with Gasteiger partial charge in [-0.25, -0.2) is 4.98 Å². The Morgan fingerprint density at radius 3 is 3.00 bits per heavy atom. The Bertz CT molecular complexity index is 903. The Morgan fingerprint density at radius 1 is 1.28 bits per heavy atom. The van der Waals surface area contributed by atoms with Gasteiger partial charge in [0.05, 0.1) is 15.6 Å². The molecule has 128 valence electrons. The summed E-state index contributed by atoms with van der Waals surface area (Å²) in [4.78, 5) is 19.2. The standard InChI is InChI=1S/C18H16N2O3S2/c1-11-19-18(15-3-2-8-24-15)16(25-11)6-7-17(21)20-12-4-5-13-14(9-12)23-10-22-13/h2-5,8-9H,6-7,10H2,1H3,(H,20,21). The maximum absolute atomic E-state index is 12.3. The largest absolute Gasteiger partial charge is 0.454 e. The zero-order valence-corrected chi connectivity index (χ0v) is 15.2. The molecule has 1 aliphatic heterocycles. The smallest absolute Gasteiger partial charge is 0.231 e. The quantitative estimate of drug-likeness (QED) is 0.717. The molecule has 1 N–H and O–H groups in total. The van der Waals surface area contributed by atoms with Crippen molar-refractivity contribution in [3.63, 3.8) is 0 Å². The fourth-order valence-corrected chi connectivity index (χ4v) is 4.43. The summed E-state index contributed by atoms with van der Waals surface area (Å²) in [5.74, 6) is 1.34. The number of hydrogen-bond donors (Lipinski definition) is 1. The van der Waals surface area contributed by atoms with Crippen molar-refractivity contribution in [2.24, 2.45) is 0 Å². The highest BCUT2D eigenvalue weighted by molar-refractivity contribution is 7.15. The van der Waals surface area contributed by atoms with Gasteiger partial charge in [0, 0.05) is 23.1 Å². The number of amides is 1. The Labute approximate surface area is 153 Å². The fourth-order valence-electron chi connectivity index (χ4n) is 2.67. The summed E-state index contributed by atoms with van der Waals surface area (Å²) < 4.78 is 10.6. The number of ether oxygens (including phenoxy) is 2. The van der Waals surface area contributed by atoms with Crippen molar-refractivity contribution in [2.75, 3.05) is 12.1 Å². The van der Waals surface area contributed by atoms with Gasteiger partial charge in [0.15, 0.2) is 11.5 Å². The Kier molecular flexibility index (Phi) is 4.42. The summed E-state index contributed by atoms with van der Waals surface area (Å²) in [5.41, 5.74) is 1.72. The van der Waals surface area contributed by atoms with Gasteiger partial charge < -0.3 is 14.8 Å². The molecule has 0 saturated carbocycles. The molecule has 0 bridgehead atoms. The van der Waals surface area contributed by atoms with Crippen LogP contribution in [0.15, 0.2) is 35.7 Å². The van der Waals surface area contributed by atoms with Gasteiger partial charge >= 0.3 is 0 Å². The van der Waals surface area contributed by atoms with Gasteiger partial charge in [0.1, 0.15) is 0 Å². The third-order valence-electron chi connectivity index (χ3n) is 3.79. The number of aryl methyl sites for hydroxylation is 2. The molecule has 0 unspecified atom stereocenters. The highest BCUT2D eigenvalue weighted by Gasteiger charge is 2.16. The predicted octanol–water partition coefficient (Wildman–Crippen LogP) is 4.48. The van der Waals surface area contributed by atoms with Gasteiger partial charge in [0.25, 0.3) is 0 Å². The maximum Gasteiger partial charge on any atom is 0.231 e. The van der Waals surface area contributed by atoms with E-state index < -0.39 is 0 Å². The van der Waals surface area contributed by atoms with Gasteiger partial charge in [-0.2, -0.15) is 0 Å². The first-order valence-corrected chi connectivity index (χ1v) is 9.58. The van der Waals surface area contributed by atoms with Crippen LogP contribution in [0.4, 0.5) is 5.69 Å². The van der Waals surface area contributed by atoms with Crippen LogP contribution in [0.3, 0.4) is 0 Å². The van der Waals surface area contributed by atoms with Crippen molar-refractivity contribution in [3.8, 4) is 22.1 Å². The van der Waals surface area contributed by atoms with E-state index in [2.05, 4.69) is 16.4 Å². The SMILES string of the molecule is Cc1nc(-c2cccs2)c(CCC(=O)Nc2ccc3c(c2)OCO3)s1. The number of thiazole rings is 1. The van der Waals surface area contributed by atoms with E-state index in [1.807, 2.05) is 24.4 Å². The number of nitrogens with zero attached hydrogens (tertiary/aromatic N) is 1. The third-order valence-corrected chi connectivity index (χ3v) is 5.70. The van der Waals surface area contributed by atoms with E-state index in [9.17, 15) is 4.79 Å². The van der Waals surface area contributed by atoms with Gasteiger partial charge in [-0.1, -0.05) is 6.07 Å². The first-order chi connectivity index (χ1) is 12.2. The van der Waals surface area contributed by atoms with Crippen LogP contribution in [-0.4, -0.2) is 17.7 Å². The molecule has 1 aromatic carbocycles. The summed E-state index contributed by atoms with van der Waals surface area (Å²) in [5, 5.41) is 5.98. The molecule has 0 fully saturated rings. The van der Waals surface area contributed by atoms with E-state index in [0.29, 0.717) is 30.0 Å². The molecule has 3 aromatic rings. The molecule has 25 heavy (non-hydrogen) atoms. The molecule has 0 radical (unpaired) electrons. The lowest BCUT2D eigenvalue weighted by Crippen LogP contribution is -2.12. The van der Waals surface area contributed by atoms with Crippen molar-refractivity contribution in [1.82, 2.24) is 4.98 Å². The van der Waals surface area contributed by atoms with Gasteiger partial charge in [-0.15, -0.1) is 22.7 Å². The second-order valence-electron chi connectivity index (χ2n) is 5.60. The molecule has 4 rings (SSSR count). The van der Waals surface area contributed by atoms with E-state index in [-0.39, 0.29) is 12.7 Å². The van der Waals surface area contributed by atoms with Gasteiger partial charge in [-0.05, 0) is 36.9 Å². The minimum Gasteiger partial charge on any atom is -0.454 e. The molecule has 0 spiro atoms. The van der Waals surface area contributed by atoms with Crippen LogP contribution >= 0.6 is 22.7 Å². The van der Waals surface area contributed by atoms with Crippen LogP contribution in [0.1, 0.15) is 16.3 Å². The molecule has 1 amide bonds. The van der Waals surface area contributed by atoms with Crippen molar-refractivity contribution in [1.29, 1.82) is 0 Å². The maximum atomic E-state index is 12.3. The Balaban J connectivity index is 1.41. The number of hydrogen-bond acceptors (Lipinski definition) is 6. The second kappa shape index (κ2) is 6.85. The van der Waals surface area contributed by atoms with Crippen LogP contribution in [0.2, 0.25) is 0 Å². The minimum absolute atomic E-state index is 0.0259. The summed E-state index contributed by atoms with van der Waals surface area (Å²) in [6.07, 6.45) is 1.09. The first kappa shape index (κ1) is 16.1. The normalized spacial score (nSPS) is 12.4. The topological polar surface area (TPSA) is 60.5 Å². The Morgan fingerprint density at radius 2 is 2.16 bits per heavy atom. The van der Waals surface area contributed by atoms with E-state index in [0.717, 1.165) is 20.5 Å². The zero-order chi connectivity index (χ0) is 17.2. The van der Waals surface area contributed by atoms with Crippen LogP contribution in [0.5, 0.6) is 11.5 Å². The number of thiophene rings is 1. The molecule has 0 atom stereocenters. The number of benzene rings is 1. The van der Waals surface area contributed by atoms with Gasteiger partial charge in [0.2, 0.25) is 12.7 Å². The van der Waals surface area contributed by atoms with E-state index >= 15 is 0 Å². The number of rotatable bonds is 5. The number of carbonyl (C=O) groups excluding carboxylic acids is 1. The molecular weight excluding hydrogens is 356 g/mol. The fraction of sp³-hybridized carbons (Fsp3) is 0.222. The zero-order valence-electron chi connectivity index (χ0n) is 13.6. The number of carbonyl (C=O) groups is 1. The minimum atomic E-state index is -0.0259. The average molecular weight is 372 g/mol. The number of aromatic nitrogens is 1. The lowest BCUT2D eigenvalue weighted by Gasteiger charge is -2.06. The van der Waals surface area contributed by atoms with Crippen molar-refractivity contribution >= 4 is 34.3 Å². The van der Waals surface area contributed by atoms with E-state index in [4.69, 9.17) is 9.47 Å². The average Bonchev–Trinajstić information content (AvgIpc) is 3.32. The van der Waals surface area contributed by atoms with E-state index in [1.165, 1.54) is 0 Å². The lowest BCUT2D eigenvalue weighted by molar-refractivity contribution is -0.116. The second-order valence-corrected chi connectivity index (χ2v) is 7.83. The highest BCUT2D eigenvalue weighted by atomic mass is 32.1. The van der Waals surface area contributed by atoms with E-state index in [1.54, 1.807) is 34.8 Å². The molecule has 7 heteroatoms. The summed E-state index contributed by atoms with van der Waals surface area (Å²) in [6, 6.07) is 9.49. The number of anilines is 1. The molecule has 2 aromatic heterocycles. The molecule has 0 aliphatic carbocycles. The Hall–Kier alpha value is -2.38. The molecule has 1 aliphatic rings. The monoisotopic (exact) mass is 372 g/mol. The van der Waals surface area contributed by atoms with Crippen LogP contribution in [-0.2, 0) is 11.2 Å². The summed E-state index contributed by atoms with van der Waals surface area (Å²) >= 11 is 3.33. The van der Waals surface area contributed by atoms with Crippen LogP contribution < -0.4 is 14.8 Å². The molecule has 0 saturated heterocycles. The van der Waals surface area contributed by atoms with Crippen LogP contribution in [0, 0.1) is 6.92 Å². The van der Waals surface area contributed by atoms with Crippen molar-refractivity contribution < 1.29 is 14.3 Å². The van der Waals surface area contributed by atoms with Crippen LogP contribution in [0.25, 0.3) is 10.6 Å². The highest BCUT2D eigenvalue weighted by Crippen LogP contribution is 2.34. The predicted molar refractivity (Wildman–Crippen MR) is 99.7 cm³/mol. The molecule has 5 nitrogen and oxygen atoms in total. The van der Waals surface area contributed by atoms with Crippen molar-refractivity contribution in [3.05, 3.63) is 45.6 Å². The summed E-state index contributed by atoms with van der Waals surface area (Å²) in [7, 11) is 0. The number of fused-ring (bicyclic) bond motifs is 1. The van der Waals surface area contributed by atoms with Gasteiger partial charge in [-0.3, -0.25) is 4.79 Å². The molecule has 3 heterocycles.